The molecule has 0 fully saturated rings. The molecule has 3 aromatic rings. The van der Waals surface area contributed by atoms with E-state index < -0.39 is 0 Å². The third kappa shape index (κ3) is 2.94. The van der Waals surface area contributed by atoms with E-state index >= 15 is 0 Å². The van der Waals surface area contributed by atoms with Gasteiger partial charge in [0, 0.05) is 28.7 Å². The molecule has 0 aliphatic heterocycles. The van der Waals surface area contributed by atoms with Crippen LogP contribution in [0.3, 0.4) is 0 Å². The minimum atomic E-state index is 0.0126. The summed E-state index contributed by atoms with van der Waals surface area (Å²) in [6.45, 7) is 0.659. The Morgan fingerprint density at radius 1 is 1.04 bits per heavy atom. The van der Waals surface area contributed by atoms with Crippen LogP contribution in [0.2, 0.25) is 0 Å². The van der Waals surface area contributed by atoms with Crippen LogP contribution in [0.15, 0.2) is 48.5 Å². The normalized spacial score (nSPS) is 13.7. The van der Waals surface area contributed by atoms with Gasteiger partial charge in [0.1, 0.15) is 0 Å². The van der Waals surface area contributed by atoms with Crippen LogP contribution in [-0.2, 0) is 19.3 Å². The number of fused-ring (bicyclic) bond motifs is 3. The molecule has 0 atom stereocenters. The van der Waals surface area contributed by atoms with Gasteiger partial charge in [-0.3, -0.25) is 4.79 Å². The van der Waals surface area contributed by atoms with Gasteiger partial charge in [-0.1, -0.05) is 30.3 Å². The maximum absolute atomic E-state index is 12.4. The lowest BCUT2D eigenvalue weighted by molar-refractivity contribution is 0.0954. The number of nitrogens with one attached hydrogen (secondary N) is 2. The highest BCUT2D eigenvalue weighted by molar-refractivity contribution is 5.99. The van der Waals surface area contributed by atoms with E-state index in [1.54, 1.807) is 0 Å². The van der Waals surface area contributed by atoms with Crippen molar-refractivity contribution in [3.8, 4) is 0 Å². The molecule has 1 aliphatic rings. The Labute approximate surface area is 142 Å². The number of hydrogen-bond acceptors (Lipinski definition) is 1. The SMILES string of the molecule is O=C(NCCc1ccccc1)c1ccc2[nH]c3c(c2c1)CCCC3. The Kier molecular flexibility index (Phi) is 4.08. The number of H-pyrrole nitrogens is 1. The van der Waals surface area contributed by atoms with Crippen LogP contribution in [0.1, 0.15) is 40.0 Å². The fourth-order valence-electron chi connectivity index (χ4n) is 3.61. The molecule has 1 amide bonds. The van der Waals surface area contributed by atoms with Gasteiger partial charge in [0.25, 0.3) is 5.91 Å². The zero-order valence-electron chi connectivity index (χ0n) is 13.8. The Morgan fingerprint density at radius 3 is 2.75 bits per heavy atom. The lowest BCUT2D eigenvalue weighted by Gasteiger charge is -2.10. The zero-order chi connectivity index (χ0) is 16.4. The van der Waals surface area contributed by atoms with Crippen LogP contribution in [0, 0.1) is 0 Å². The molecule has 0 bridgehead atoms. The summed E-state index contributed by atoms with van der Waals surface area (Å²) < 4.78 is 0. The molecule has 24 heavy (non-hydrogen) atoms. The van der Waals surface area contributed by atoms with E-state index in [9.17, 15) is 4.79 Å². The molecule has 1 aliphatic carbocycles. The van der Waals surface area contributed by atoms with Crippen LogP contribution in [0.25, 0.3) is 10.9 Å². The van der Waals surface area contributed by atoms with Gasteiger partial charge in [-0.15, -0.1) is 0 Å². The largest absolute Gasteiger partial charge is 0.358 e. The molecule has 4 rings (SSSR count). The van der Waals surface area contributed by atoms with Gasteiger partial charge in [0.2, 0.25) is 0 Å². The van der Waals surface area contributed by atoms with Gasteiger partial charge < -0.3 is 10.3 Å². The molecule has 3 heteroatoms. The highest BCUT2D eigenvalue weighted by Crippen LogP contribution is 2.29. The molecule has 0 saturated heterocycles. The quantitative estimate of drug-likeness (QED) is 0.750. The summed E-state index contributed by atoms with van der Waals surface area (Å²) in [4.78, 5) is 16.0. The first kappa shape index (κ1) is 15.0. The standard InChI is InChI=1S/C21H22N2O/c24-21(22-13-12-15-6-2-1-3-7-15)16-10-11-20-18(14-16)17-8-4-5-9-19(17)23-20/h1-3,6-7,10-11,14,23H,4-5,8-9,12-13H2,(H,22,24). The van der Waals surface area contributed by atoms with Crippen molar-refractivity contribution in [2.75, 3.05) is 6.54 Å². The summed E-state index contributed by atoms with van der Waals surface area (Å²) in [6, 6.07) is 16.2. The number of aromatic amines is 1. The van der Waals surface area contributed by atoms with E-state index in [0.717, 1.165) is 30.3 Å². The molecule has 0 saturated carbocycles. The van der Waals surface area contributed by atoms with E-state index in [2.05, 4.69) is 22.4 Å². The molecule has 0 radical (unpaired) electrons. The number of carbonyl (C=O) groups is 1. The van der Waals surface area contributed by atoms with E-state index in [0.29, 0.717) is 6.54 Å². The summed E-state index contributed by atoms with van der Waals surface area (Å²) in [5, 5.41) is 4.26. The van der Waals surface area contributed by atoms with Gasteiger partial charge in [-0.05, 0) is 61.4 Å². The molecule has 2 N–H and O–H groups in total. The molecule has 0 spiro atoms. The molecule has 122 valence electrons. The molecular formula is C21H22N2O. The van der Waals surface area contributed by atoms with Gasteiger partial charge in [0.15, 0.2) is 0 Å². The molecule has 2 aromatic carbocycles. The molecule has 0 unspecified atom stereocenters. The maximum Gasteiger partial charge on any atom is 0.251 e. The van der Waals surface area contributed by atoms with Gasteiger partial charge in [-0.2, -0.15) is 0 Å². The van der Waals surface area contributed by atoms with E-state index in [1.165, 1.54) is 35.0 Å². The molecular weight excluding hydrogens is 296 g/mol. The Bertz CT molecular complexity index is 864. The monoisotopic (exact) mass is 318 g/mol. The highest BCUT2D eigenvalue weighted by atomic mass is 16.1. The number of aromatic nitrogens is 1. The van der Waals surface area contributed by atoms with Gasteiger partial charge in [-0.25, -0.2) is 0 Å². The van der Waals surface area contributed by atoms with Crippen molar-refractivity contribution < 1.29 is 4.79 Å². The van der Waals surface area contributed by atoms with Gasteiger partial charge in [0.05, 0.1) is 0 Å². The zero-order valence-corrected chi connectivity index (χ0v) is 13.8. The van der Waals surface area contributed by atoms with Crippen LogP contribution >= 0.6 is 0 Å². The maximum atomic E-state index is 12.4. The summed E-state index contributed by atoms with van der Waals surface area (Å²) in [7, 11) is 0. The minimum absolute atomic E-state index is 0.0126. The summed E-state index contributed by atoms with van der Waals surface area (Å²) in [5.41, 5.74) is 5.92. The average Bonchev–Trinajstić information content (AvgIpc) is 3.00. The molecule has 1 aromatic heterocycles. The third-order valence-electron chi connectivity index (χ3n) is 4.90. The van der Waals surface area contributed by atoms with Crippen LogP contribution < -0.4 is 5.32 Å². The number of benzene rings is 2. The number of aryl methyl sites for hydroxylation is 2. The first-order chi connectivity index (χ1) is 11.8. The highest BCUT2D eigenvalue weighted by Gasteiger charge is 2.16. The minimum Gasteiger partial charge on any atom is -0.358 e. The number of amides is 1. The Hall–Kier alpha value is -2.55. The second kappa shape index (κ2) is 6.52. The number of carbonyl (C=O) groups excluding carboxylic acids is 1. The van der Waals surface area contributed by atoms with Crippen molar-refractivity contribution in [1.82, 2.24) is 10.3 Å². The van der Waals surface area contributed by atoms with E-state index in [-0.39, 0.29) is 5.91 Å². The summed E-state index contributed by atoms with van der Waals surface area (Å²) in [5.74, 6) is 0.0126. The first-order valence-corrected chi connectivity index (χ1v) is 8.77. The van der Waals surface area contributed by atoms with Crippen LogP contribution in [0.4, 0.5) is 0 Å². The topological polar surface area (TPSA) is 44.9 Å². The van der Waals surface area contributed by atoms with Crippen molar-refractivity contribution in [3.63, 3.8) is 0 Å². The average molecular weight is 318 g/mol. The Morgan fingerprint density at radius 2 is 1.88 bits per heavy atom. The molecule has 3 nitrogen and oxygen atoms in total. The van der Waals surface area contributed by atoms with Crippen molar-refractivity contribution >= 4 is 16.8 Å². The second-order valence-electron chi connectivity index (χ2n) is 6.54. The number of hydrogen-bond donors (Lipinski definition) is 2. The van der Waals surface area contributed by atoms with Crippen molar-refractivity contribution in [1.29, 1.82) is 0 Å². The number of rotatable bonds is 4. The van der Waals surface area contributed by atoms with Crippen LogP contribution in [0.5, 0.6) is 0 Å². The molecule has 1 heterocycles. The van der Waals surface area contributed by atoms with E-state index in [1.807, 2.05) is 36.4 Å². The predicted molar refractivity (Wildman–Crippen MR) is 97.4 cm³/mol. The van der Waals surface area contributed by atoms with Crippen molar-refractivity contribution in [2.45, 2.75) is 32.1 Å². The summed E-state index contributed by atoms with van der Waals surface area (Å²) >= 11 is 0. The third-order valence-corrected chi connectivity index (χ3v) is 4.90. The lowest BCUT2D eigenvalue weighted by Crippen LogP contribution is -2.25. The van der Waals surface area contributed by atoms with Crippen molar-refractivity contribution in [2.24, 2.45) is 0 Å². The van der Waals surface area contributed by atoms with Crippen molar-refractivity contribution in [3.05, 3.63) is 70.9 Å². The predicted octanol–water partition coefficient (Wildman–Crippen LogP) is 4.02. The van der Waals surface area contributed by atoms with E-state index in [4.69, 9.17) is 0 Å². The van der Waals surface area contributed by atoms with Gasteiger partial charge >= 0.3 is 0 Å². The van der Waals surface area contributed by atoms with Crippen LogP contribution in [-0.4, -0.2) is 17.4 Å². The lowest BCUT2D eigenvalue weighted by atomic mass is 9.95. The summed E-state index contributed by atoms with van der Waals surface area (Å²) in [6.07, 6.45) is 5.60. The first-order valence-electron chi connectivity index (χ1n) is 8.77. The smallest absolute Gasteiger partial charge is 0.251 e. The Balaban J connectivity index is 1.48. The fraction of sp³-hybridized carbons (Fsp3) is 0.286. The fourth-order valence-corrected chi connectivity index (χ4v) is 3.61. The second-order valence-corrected chi connectivity index (χ2v) is 6.54.